The summed E-state index contributed by atoms with van der Waals surface area (Å²) in [7, 11) is 1.85. The van der Waals surface area contributed by atoms with Crippen molar-refractivity contribution in [2.24, 2.45) is 12.0 Å². The Balaban J connectivity index is 1.49. The van der Waals surface area contributed by atoms with E-state index >= 15 is 0 Å². The molecular weight excluding hydrogens is 402 g/mol. The summed E-state index contributed by atoms with van der Waals surface area (Å²) in [5.74, 6) is 1.45. The second kappa shape index (κ2) is 9.59. The molecule has 3 rings (SSSR count). The molecule has 0 aliphatic carbocycles. The van der Waals surface area contributed by atoms with Crippen LogP contribution >= 0.6 is 0 Å². The van der Waals surface area contributed by atoms with E-state index in [4.69, 9.17) is 0 Å². The molecule has 0 spiro atoms. The normalized spacial score (nSPS) is 12.2. The predicted molar refractivity (Wildman–Crippen MR) is 117 cm³/mol. The van der Waals surface area contributed by atoms with Gasteiger partial charge in [0.1, 0.15) is 5.82 Å². The minimum Gasteiger partial charge on any atom is -0.356 e. The number of rotatable bonds is 8. The van der Waals surface area contributed by atoms with Gasteiger partial charge in [-0.15, -0.1) is 0 Å². The quantitative estimate of drug-likeness (QED) is 0.285. The minimum absolute atomic E-state index is 0.239. The highest BCUT2D eigenvalue weighted by Crippen LogP contribution is 2.16. The summed E-state index contributed by atoms with van der Waals surface area (Å²) in [5, 5.41) is 3.16. The average Bonchev–Trinajstić information content (AvgIpc) is 3.38. The van der Waals surface area contributed by atoms with Crippen LogP contribution in [0.2, 0.25) is 0 Å². The Morgan fingerprint density at radius 2 is 2.00 bits per heavy atom. The highest BCUT2D eigenvalue weighted by Gasteiger charge is 2.15. The van der Waals surface area contributed by atoms with Crippen molar-refractivity contribution in [3.05, 3.63) is 60.8 Å². The lowest BCUT2D eigenvalue weighted by molar-refractivity contribution is 0.464. The molecule has 0 saturated heterocycles. The molecule has 1 aromatic carbocycles. The maximum absolute atomic E-state index is 12.2. The third kappa shape index (κ3) is 5.49. The molecule has 0 radical (unpaired) electrons. The van der Waals surface area contributed by atoms with E-state index in [1.54, 1.807) is 37.1 Å². The predicted octanol–water partition coefficient (Wildman–Crippen LogP) is 1.40. The molecule has 10 heteroatoms. The zero-order valence-corrected chi connectivity index (χ0v) is 18.1. The van der Waals surface area contributed by atoms with Gasteiger partial charge in [0, 0.05) is 46.6 Å². The van der Waals surface area contributed by atoms with Crippen LogP contribution < -0.4 is 10.0 Å². The number of benzene rings is 1. The number of aromatic nitrogens is 3. The summed E-state index contributed by atoms with van der Waals surface area (Å²) < 4.78 is 28.8. The Hall–Kier alpha value is -3.11. The van der Waals surface area contributed by atoms with Crippen LogP contribution in [0.5, 0.6) is 0 Å². The summed E-state index contributed by atoms with van der Waals surface area (Å²) in [6.07, 6.45) is 5.07. The highest BCUT2D eigenvalue weighted by atomic mass is 32.2. The van der Waals surface area contributed by atoms with Crippen LogP contribution in [0, 0.1) is 0 Å². The Kier molecular flexibility index (Phi) is 6.91. The molecule has 0 atom stereocenters. The number of sulfonamides is 1. The van der Waals surface area contributed by atoms with Crippen LogP contribution in [0.3, 0.4) is 0 Å². The molecule has 0 unspecified atom stereocenters. The van der Waals surface area contributed by atoms with Crippen molar-refractivity contribution in [2.75, 3.05) is 27.2 Å². The molecule has 0 fully saturated rings. The molecule has 0 aliphatic heterocycles. The van der Waals surface area contributed by atoms with Gasteiger partial charge in [0.2, 0.25) is 10.0 Å². The van der Waals surface area contributed by atoms with Gasteiger partial charge in [0.25, 0.3) is 0 Å². The van der Waals surface area contributed by atoms with E-state index in [0.29, 0.717) is 19.0 Å². The molecule has 160 valence electrons. The van der Waals surface area contributed by atoms with E-state index in [0.717, 1.165) is 17.1 Å². The van der Waals surface area contributed by atoms with Gasteiger partial charge in [-0.25, -0.2) is 18.1 Å². The maximum Gasteiger partial charge on any atom is 0.242 e. The summed E-state index contributed by atoms with van der Waals surface area (Å²) in [6, 6.07) is 11.6. The molecule has 0 amide bonds. The van der Waals surface area contributed by atoms with Crippen LogP contribution in [-0.2, 0) is 23.6 Å². The molecule has 3 N–H and O–H groups in total. The Labute approximate surface area is 176 Å². The lowest BCUT2D eigenvalue weighted by Gasteiger charge is -2.21. The van der Waals surface area contributed by atoms with E-state index in [-0.39, 0.29) is 11.4 Å². The largest absolute Gasteiger partial charge is 0.356 e. The first-order valence-corrected chi connectivity index (χ1v) is 11.0. The number of H-pyrrole nitrogens is 1. The summed E-state index contributed by atoms with van der Waals surface area (Å²) >= 11 is 0. The number of nitrogens with one attached hydrogen (secondary N) is 3. The number of aryl methyl sites for hydroxylation is 1. The molecule has 30 heavy (non-hydrogen) atoms. The van der Waals surface area contributed by atoms with E-state index in [1.165, 1.54) is 0 Å². The lowest BCUT2D eigenvalue weighted by Crippen LogP contribution is -2.42. The number of imidazole rings is 1. The van der Waals surface area contributed by atoms with Gasteiger partial charge in [0.15, 0.2) is 5.96 Å². The molecule has 0 bridgehead atoms. The van der Waals surface area contributed by atoms with Gasteiger partial charge >= 0.3 is 0 Å². The third-order valence-electron chi connectivity index (χ3n) is 4.49. The Morgan fingerprint density at radius 1 is 1.23 bits per heavy atom. The lowest BCUT2D eigenvalue weighted by atomic mass is 10.2. The SMILES string of the molecule is CN=C(NCCNS(=O)(=O)c1ccn(C)c1)N(C)Cc1ncc(-c2ccccc2)[nH]1. The number of nitrogens with zero attached hydrogens (tertiary/aromatic N) is 4. The van der Waals surface area contributed by atoms with Gasteiger partial charge in [0.05, 0.1) is 23.3 Å². The second-order valence-electron chi connectivity index (χ2n) is 6.85. The minimum atomic E-state index is -3.52. The number of hydrogen-bond acceptors (Lipinski definition) is 4. The number of aliphatic imine (C=N–C) groups is 1. The summed E-state index contributed by atoms with van der Waals surface area (Å²) in [6.45, 7) is 1.17. The number of guanidine groups is 1. The fraction of sp³-hybridized carbons (Fsp3) is 0.300. The molecule has 3 aromatic rings. The highest BCUT2D eigenvalue weighted by molar-refractivity contribution is 7.89. The molecular formula is C20H27N7O2S. The van der Waals surface area contributed by atoms with Crippen LogP contribution in [-0.4, -0.2) is 61.0 Å². The first kappa shape index (κ1) is 21.6. The molecule has 2 heterocycles. The van der Waals surface area contributed by atoms with Crippen LogP contribution in [0.25, 0.3) is 11.3 Å². The topological polar surface area (TPSA) is 107 Å². The second-order valence-corrected chi connectivity index (χ2v) is 8.62. The van der Waals surface area contributed by atoms with Crippen molar-refractivity contribution in [1.82, 2.24) is 29.5 Å². The fourth-order valence-electron chi connectivity index (χ4n) is 2.97. The van der Waals surface area contributed by atoms with E-state index in [2.05, 4.69) is 25.0 Å². The Morgan fingerprint density at radius 3 is 2.67 bits per heavy atom. The van der Waals surface area contributed by atoms with Crippen molar-refractivity contribution in [3.8, 4) is 11.3 Å². The molecule has 2 aromatic heterocycles. The van der Waals surface area contributed by atoms with Crippen LogP contribution in [0.15, 0.2) is 64.9 Å². The zero-order valence-electron chi connectivity index (χ0n) is 17.3. The first-order valence-electron chi connectivity index (χ1n) is 9.52. The fourth-order valence-corrected chi connectivity index (χ4v) is 4.05. The average molecular weight is 430 g/mol. The van der Waals surface area contributed by atoms with Gasteiger partial charge < -0.3 is 19.8 Å². The Bertz CT molecular complexity index is 1090. The summed E-state index contributed by atoms with van der Waals surface area (Å²) in [4.78, 5) is 14.2. The zero-order chi connectivity index (χ0) is 21.6. The summed E-state index contributed by atoms with van der Waals surface area (Å²) in [5.41, 5.74) is 2.03. The van der Waals surface area contributed by atoms with Crippen molar-refractivity contribution in [3.63, 3.8) is 0 Å². The number of hydrogen-bond donors (Lipinski definition) is 3. The van der Waals surface area contributed by atoms with E-state index in [9.17, 15) is 8.42 Å². The maximum atomic E-state index is 12.2. The monoisotopic (exact) mass is 429 g/mol. The van der Waals surface area contributed by atoms with Crippen molar-refractivity contribution in [1.29, 1.82) is 0 Å². The van der Waals surface area contributed by atoms with Crippen molar-refractivity contribution < 1.29 is 8.42 Å². The number of aromatic amines is 1. The van der Waals surface area contributed by atoms with E-state index in [1.807, 2.05) is 48.5 Å². The van der Waals surface area contributed by atoms with E-state index < -0.39 is 10.0 Å². The smallest absolute Gasteiger partial charge is 0.242 e. The van der Waals surface area contributed by atoms with Gasteiger partial charge in [-0.3, -0.25) is 4.99 Å². The van der Waals surface area contributed by atoms with Crippen LogP contribution in [0.4, 0.5) is 0 Å². The molecule has 9 nitrogen and oxygen atoms in total. The first-order chi connectivity index (χ1) is 14.4. The van der Waals surface area contributed by atoms with Crippen LogP contribution in [0.1, 0.15) is 5.82 Å². The van der Waals surface area contributed by atoms with Gasteiger partial charge in [-0.2, -0.15) is 0 Å². The van der Waals surface area contributed by atoms with Gasteiger partial charge in [-0.1, -0.05) is 30.3 Å². The molecule has 0 aliphatic rings. The standard InChI is InChI=1S/C20H27N7O2S/c1-21-20(22-10-11-24-30(28,29)17-9-12-26(2)14-17)27(3)15-19-23-13-18(25-19)16-7-5-4-6-8-16/h4-9,12-14,24H,10-11,15H2,1-3H3,(H,21,22)(H,23,25). The molecule has 0 saturated carbocycles. The third-order valence-corrected chi connectivity index (χ3v) is 5.94. The van der Waals surface area contributed by atoms with Gasteiger partial charge in [-0.05, 0) is 11.6 Å². The van der Waals surface area contributed by atoms with Crippen molar-refractivity contribution in [2.45, 2.75) is 11.4 Å². The van der Waals surface area contributed by atoms with Crippen molar-refractivity contribution >= 4 is 16.0 Å².